The van der Waals surface area contributed by atoms with Gasteiger partial charge in [0.1, 0.15) is 0 Å². The Morgan fingerprint density at radius 2 is 2.19 bits per heavy atom. The SMILES string of the molecule is CC1CCCC(N)(c2noc(C3CC3)n2)C1. The van der Waals surface area contributed by atoms with Crippen LogP contribution in [0.2, 0.25) is 0 Å². The number of hydrogen-bond donors (Lipinski definition) is 1. The van der Waals surface area contributed by atoms with Crippen molar-refractivity contribution in [2.75, 3.05) is 0 Å². The molecule has 2 aliphatic rings. The van der Waals surface area contributed by atoms with E-state index in [1.165, 1.54) is 25.7 Å². The van der Waals surface area contributed by atoms with Crippen LogP contribution in [0.3, 0.4) is 0 Å². The van der Waals surface area contributed by atoms with E-state index in [0.717, 1.165) is 24.6 Å². The molecule has 2 N–H and O–H groups in total. The highest BCUT2D eigenvalue weighted by Crippen LogP contribution is 2.41. The smallest absolute Gasteiger partial charge is 0.229 e. The first-order valence-corrected chi connectivity index (χ1v) is 6.30. The van der Waals surface area contributed by atoms with Gasteiger partial charge in [0.2, 0.25) is 5.89 Å². The van der Waals surface area contributed by atoms with Gasteiger partial charge in [-0.3, -0.25) is 0 Å². The van der Waals surface area contributed by atoms with Gasteiger partial charge < -0.3 is 10.3 Å². The molecule has 1 aromatic rings. The van der Waals surface area contributed by atoms with Crippen molar-refractivity contribution in [2.45, 2.75) is 56.9 Å². The van der Waals surface area contributed by atoms with Crippen LogP contribution in [0.15, 0.2) is 4.52 Å². The first-order chi connectivity index (χ1) is 7.67. The molecular formula is C12H19N3O. The predicted octanol–water partition coefficient (Wildman–Crippen LogP) is 2.31. The molecule has 1 heterocycles. The molecule has 2 fully saturated rings. The van der Waals surface area contributed by atoms with Gasteiger partial charge in [0.25, 0.3) is 0 Å². The Labute approximate surface area is 95.6 Å². The Hall–Kier alpha value is -0.900. The van der Waals surface area contributed by atoms with Crippen molar-refractivity contribution in [2.24, 2.45) is 11.7 Å². The lowest BCUT2D eigenvalue weighted by Crippen LogP contribution is -2.42. The molecule has 2 atom stereocenters. The third kappa shape index (κ3) is 1.75. The van der Waals surface area contributed by atoms with Crippen LogP contribution in [0.5, 0.6) is 0 Å². The van der Waals surface area contributed by atoms with Gasteiger partial charge in [0.15, 0.2) is 5.82 Å². The molecule has 0 radical (unpaired) electrons. The van der Waals surface area contributed by atoms with E-state index in [0.29, 0.717) is 11.8 Å². The third-order valence-corrected chi connectivity index (χ3v) is 3.85. The van der Waals surface area contributed by atoms with Crippen LogP contribution in [0, 0.1) is 5.92 Å². The minimum absolute atomic E-state index is 0.339. The summed E-state index contributed by atoms with van der Waals surface area (Å²) in [4.78, 5) is 4.50. The summed E-state index contributed by atoms with van der Waals surface area (Å²) >= 11 is 0. The second-order valence-corrected chi connectivity index (χ2v) is 5.59. The lowest BCUT2D eigenvalue weighted by atomic mass is 9.76. The fraction of sp³-hybridized carbons (Fsp3) is 0.833. The molecule has 2 unspecified atom stereocenters. The van der Waals surface area contributed by atoms with Crippen molar-refractivity contribution >= 4 is 0 Å². The van der Waals surface area contributed by atoms with Crippen molar-refractivity contribution in [1.29, 1.82) is 0 Å². The standard InChI is InChI=1S/C12H19N3O/c1-8-3-2-6-12(13,7-8)11-14-10(16-15-11)9-4-5-9/h8-9H,2-7,13H2,1H3. The fourth-order valence-electron chi connectivity index (χ4n) is 2.73. The van der Waals surface area contributed by atoms with Crippen molar-refractivity contribution in [3.63, 3.8) is 0 Å². The topological polar surface area (TPSA) is 64.9 Å². The maximum atomic E-state index is 6.42. The van der Waals surface area contributed by atoms with Crippen LogP contribution in [-0.4, -0.2) is 10.1 Å². The van der Waals surface area contributed by atoms with Gasteiger partial charge in [-0.15, -0.1) is 0 Å². The van der Waals surface area contributed by atoms with Gasteiger partial charge in [0.05, 0.1) is 5.54 Å². The van der Waals surface area contributed by atoms with Crippen LogP contribution < -0.4 is 5.73 Å². The molecule has 1 aromatic heterocycles. The highest BCUT2D eigenvalue weighted by molar-refractivity contribution is 5.09. The van der Waals surface area contributed by atoms with E-state index in [-0.39, 0.29) is 5.54 Å². The van der Waals surface area contributed by atoms with E-state index < -0.39 is 0 Å². The van der Waals surface area contributed by atoms with Crippen molar-refractivity contribution in [3.8, 4) is 0 Å². The normalized spacial score (nSPS) is 35.2. The second-order valence-electron chi connectivity index (χ2n) is 5.59. The van der Waals surface area contributed by atoms with Crippen molar-refractivity contribution in [3.05, 3.63) is 11.7 Å². The summed E-state index contributed by atoms with van der Waals surface area (Å²) in [6.07, 6.45) is 6.79. The van der Waals surface area contributed by atoms with Crippen molar-refractivity contribution < 1.29 is 4.52 Å². The lowest BCUT2D eigenvalue weighted by molar-refractivity contribution is 0.221. The Kier molecular flexibility index (Phi) is 2.28. The zero-order chi connectivity index (χ0) is 11.2. The minimum Gasteiger partial charge on any atom is -0.339 e. The molecule has 3 rings (SSSR count). The van der Waals surface area contributed by atoms with Gasteiger partial charge in [0, 0.05) is 5.92 Å². The largest absolute Gasteiger partial charge is 0.339 e. The molecule has 0 aliphatic heterocycles. The Balaban J connectivity index is 1.82. The summed E-state index contributed by atoms with van der Waals surface area (Å²) in [5.41, 5.74) is 6.08. The first kappa shape index (κ1) is 10.3. The van der Waals surface area contributed by atoms with Gasteiger partial charge >= 0.3 is 0 Å². The predicted molar refractivity (Wildman–Crippen MR) is 59.8 cm³/mol. The summed E-state index contributed by atoms with van der Waals surface area (Å²) in [5.74, 6) is 2.73. The van der Waals surface area contributed by atoms with E-state index >= 15 is 0 Å². The Bertz CT molecular complexity index is 385. The second kappa shape index (κ2) is 3.55. The van der Waals surface area contributed by atoms with Gasteiger partial charge in [-0.2, -0.15) is 4.98 Å². The van der Waals surface area contributed by atoms with Crippen LogP contribution in [0.4, 0.5) is 0 Å². The van der Waals surface area contributed by atoms with Gasteiger partial charge in [-0.05, 0) is 31.6 Å². The van der Waals surface area contributed by atoms with Crippen LogP contribution in [-0.2, 0) is 5.54 Å². The summed E-state index contributed by atoms with van der Waals surface area (Å²) < 4.78 is 5.30. The molecule has 0 amide bonds. The number of nitrogens with two attached hydrogens (primary N) is 1. The molecule has 0 aromatic carbocycles. The average Bonchev–Trinajstić information content (AvgIpc) is 2.95. The van der Waals surface area contributed by atoms with E-state index in [2.05, 4.69) is 17.1 Å². The number of rotatable bonds is 2. The van der Waals surface area contributed by atoms with Crippen LogP contribution >= 0.6 is 0 Å². The molecule has 4 heteroatoms. The summed E-state index contributed by atoms with van der Waals surface area (Å²) in [7, 11) is 0. The Morgan fingerprint density at radius 1 is 1.38 bits per heavy atom. The van der Waals surface area contributed by atoms with Crippen LogP contribution in [0.25, 0.3) is 0 Å². The van der Waals surface area contributed by atoms with E-state index in [9.17, 15) is 0 Å². The maximum absolute atomic E-state index is 6.42. The van der Waals surface area contributed by atoms with Crippen LogP contribution in [0.1, 0.15) is 63.1 Å². The average molecular weight is 221 g/mol. The molecule has 4 nitrogen and oxygen atoms in total. The number of hydrogen-bond acceptors (Lipinski definition) is 4. The van der Waals surface area contributed by atoms with Gasteiger partial charge in [-0.1, -0.05) is 24.9 Å². The maximum Gasteiger partial charge on any atom is 0.229 e. The quantitative estimate of drug-likeness (QED) is 0.832. The van der Waals surface area contributed by atoms with E-state index in [1.54, 1.807) is 0 Å². The fourth-order valence-corrected chi connectivity index (χ4v) is 2.73. The molecule has 88 valence electrons. The monoisotopic (exact) mass is 221 g/mol. The molecular weight excluding hydrogens is 202 g/mol. The molecule has 16 heavy (non-hydrogen) atoms. The Morgan fingerprint density at radius 3 is 2.88 bits per heavy atom. The minimum atomic E-state index is -0.339. The molecule has 0 bridgehead atoms. The van der Waals surface area contributed by atoms with Crippen molar-refractivity contribution in [1.82, 2.24) is 10.1 Å². The summed E-state index contributed by atoms with van der Waals surface area (Å²) in [6.45, 7) is 2.25. The zero-order valence-corrected chi connectivity index (χ0v) is 9.78. The number of aromatic nitrogens is 2. The molecule has 0 spiro atoms. The highest BCUT2D eigenvalue weighted by Gasteiger charge is 2.38. The lowest BCUT2D eigenvalue weighted by Gasteiger charge is -2.33. The first-order valence-electron chi connectivity index (χ1n) is 6.30. The van der Waals surface area contributed by atoms with E-state index in [4.69, 9.17) is 10.3 Å². The molecule has 2 aliphatic carbocycles. The summed E-state index contributed by atoms with van der Waals surface area (Å²) in [5, 5.41) is 4.10. The third-order valence-electron chi connectivity index (χ3n) is 3.85. The van der Waals surface area contributed by atoms with Gasteiger partial charge in [-0.25, -0.2) is 0 Å². The summed E-state index contributed by atoms with van der Waals surface area (Å²) in [6, 6.07) is 0. The van der Waals surface area contributed by atoms with E-state index in [1.807, 2.05) is 0 Å². The molecule has 0 saturated heterocycles. The number of nitrogens with zero attached hydrogens (tertiary/aromatic N) is 2. The molecule has 2 saturated carbocycles. The highest BCUT2D eigenvalue weighted by atomic mass is 16.5. The zero-order valence-electron chi connectivity index (χ0n) is 9.78.